The average Bonchev–Trinajstić information content (AvgIpc) is 3.53. The summed E-state index contributed by atoms with van der Waals surface area (Å²) in [5.74, 6) is 0. The molecule has 0 aliphatic carbocycles. The Balaban J connectivity index is 1.49. The lowest BCUT2D eigenvalue weighted by Crippen LogP contribution is -2.05. The third-order valence-corrected chi connectivity index (χ3v) is 8.02. The molecule has 0 spiro atoms. The van der Waals surface area contributed by atoms with Gasteiger partial charge in [0.2, 0.25) is 0 Å². The molecule has 0 atom stereocenters. The summed E-state index contributed by atoms with van der Waals surface area (Å²) < 4.78 is 4.35. The zero-order chi connectivity index (χ0) is 26.8. The van der Waals surface area contributed by atoms with Crippen LogP contribution in [0.5, 0.6) is 0 Å². The number of nitrogens with one attached hydrogen (secondary N) is 1. The highest BCUT2D eigenvalue weighted by Crippen LogP contribution is 2.39. The first-order chi connectivity index (χ1) is 19.8. The van der Waals surface area contributed by atoms with Crippen LogP contribution in [0, 0.1) is 16.7 Å². The number of aromatic nitrogens is 2. The van der Waals surface area contributed by atoms with Crippen LogP contribution in [0.2, 0.25) is 0 Å². The molecule has 0 amide bonds. The third-order valence-electron chi connectivity index (χ3n) is 8.02. The molecule has 6 aromatic carbocycles. The van der Waals surface area contributed by atoms with Crippen LogP contribution in [0.3, 0.4) is 0 Å². The maximum atomic E-state index is 10.5. The standard InChI is InChI=1S/C36H22N4/c37-21-24-19-26(39-33-16-8-5-13-30(33)35-27-10-2-1-9-23(27)17-18-34(35)39)20-25(22-38)36(24)40-31-14-6-3-11-28(31)29-12-4-7-15-32(29)40/h1-21,37H. The highest BCUT2D eigenvalue weighted by atomic mass is 15.0. The van der Waals surface area contributed by atoms with E-state index in [1.165, 1.54) is 22.4 Å². The average molecular weight is 511 g/mol. The molecule has 0 aliphatic heterocycles. The number of fused-ring (bicyclic) bond motifs is 8. The molecule has 2 heterocycles. The second kappa shape index (κ2) is 8.42. The van der Waals surface area contributed by atoms with E-state index in [1.807, 2.05) is 36.4 Å². The number of hydrogen-bond acceptors (Lipinski definition) is 2. The van der Waals surface area contributed by atoms with Gasteiger partial charge in [-0.1, -0.05) is 84.9 Å². The molecule has 2 aromatic heterocycles. The van der Waals surface area contributed by atoms with E-state index in [2.05, 4.69) is 100 Å². The van der Waals surface area contributed by atoms with Crippen LogP contribution in [0.4, 0.5) is 0 Å². The predicted octanol–water partition coefficient (Wildman–Crippen LogP) is 8.90. The van der Waals surface area contributed by atoms with Crippen molar-refractivity contribution in [3.63, 3.8) is 0 Å². The van der Waals surface area contributed by atoms with E-state index in [1.54, 1.807) is 0 Å². The molecule has 4 heteroatoms. The van der Waals surface area contributed by atoms with Gasteiger partial charge in [0, 0.05) is 39.0 Å². The third kappa shape index (κ3) is 2.97. The Morgan fingerprint density at radius 3 is 1.80 bits per heavy atom. The van der Waals surface area contributed by atoms with Gasteiger partial charge in [-0.15, -0.1) is 0 Å². The molecular formula is C36H22N4. The van der Waals surface area contributed by atoms with Crippen LogP contribution >= 0.6 is 0 Å². The van der Waals surface area contributed by atoms with Gasteiger partial charge in [-0.25, -0.2) is 0 Å². The Bertz CT molecular complexity index is 2310. The van der Waals surface area contributed by atoms with Crippen LogP contribution < -0.4 is 0 Å². The van der Waals surface area contributed by atoms with Crippen molar-refractivity contribution in [2.75, 3.05) is 0 Å². The maximum absolute atomic E-state index is 10.5. The fraction of sp³-hybridized carbons (Fsp3) is 0. The van der Waals surface area contributed by atoms with Crippen molar-refractivity contribution in [3.05, 3.63) is 132 Å². The maximum Gasteiger partial charge on any atom is 0.101 e. The zero-order valence-electron chi connectivity index (χ0n) is 21.5. The second-order valence-electron chi connectivity index (χ2n) is 10.1. The van der Waals surface area contributed by atoms with Crippen molar-refractivity contribution in [1.82, 2.24) is 9.13 Å². The molecule has 4 nitrogen and oxygen atoms in total. The van der Waals surface area contributed by atoms with E-state index in [4.69, 9.17) is 5.41 Å². The summed E-state index contributed by atoms with van der Waals surface area (Å²) in [7, 11) is 0. The van der Waals surface area contributed by atoms with E-state index in [0.29, 0.717) is 11.1 Å². The summed E-state index contributed by atoms with van der Waals surface area (Å²) in [6.45, 7) is 0. The van der Waals surface area contributed by atoms with Crippen LogP contribution in [0.25, 0.3) is 65.8 Å². The summed E-state index contributed by atoms with van der Waals surface area (Å²) in [4.78, 5) is 0. The van der Waals surface area contributed by atoms with Crippen molar-refractivity contribution in [2.24, 2.45) is 0 Å². The quantitative estimate of drug-likeness (QED) is 0.237. The van der Waals surface area contributed by atoms with Crippen molar-refractivity contribution in [3.8, 4) is 17.4 Å². The van der Waals surface area contributed by atoms with Gasteiger partial charge in [0.25, 0.3) is 0 Å². The normalized spacial score (nSPS) is 11.6. The SMILES string of the molecule is N#Cc1cc(-n2c3ccccc3c3c4ccccc4ccc32)cc(C=N)c1-n1c2ccccc2c2ccccc21. The highest BCUT2D eigenvalue weighted by Gasteiger charge is 2.21. The minimum atomic E-state index is 0.522. The lowest BCUT2D eigenvalue weighted by Gasteiger charge is -2.16. The summed E-state index contributed by atoms with van der Waals surface area (Å²) >= 11 is 0. The van der Waals surface area contributed by atoms with Gasteiger partial charge in [0.1, 0.15) is 6.07 Å². The smallest absolute Gasteiger partial charge is 0.101 e. The Morgan fingerprint density at radius 1 is 0.575 bits per heavy atom. The van der Waals surface area contributed by atoms with Gasteiger partial charge in [-0.3, -0.25) is 0 Å². The molecular weight excluding hydrogens is 488 g/mol. The first-order valence-electron chi connectivity index (χ1n) is 13.3. The Kier molecular flexibility index (Phi) is 4.70. The first kappa shape index (κ1) is 22.3. The van der Waals surface area contributed by atoms with E-state index in [9.17, 15) is 5.26 Å². The molecule has 0 fully saturated rings. The largest absolute Gasteiger partial charge is 0.309 e. The van der Waals surface area contributed by atoms with E-state index >= 15 is 0 Å². The van der Waals surface area contributed by atoms with Gasteiger partial charge < -0.3 is 14.5 Å². The fourth-order valence-corrected chi connectivity index (χ4v) is 6.40. The molecule has 0 unspecified atom stereocenters. The molecule has 8 aromatic rings. The molecule has 1 N–H and O–H groups in total. The van der Waals surface area contributed by atoms with Gasteiger partial charge in [-0.2, -0.15) is 5.26 Å². The molecule has 0 aliphatic rings. The molecule has 8 rings (SSSR count). The highest BCUT2D eigenvalue weighted by molar-refractivity contribution is 6.21. The summed E-state index contributed by atoms with van der Waals surface area (Å²) in [5, 5.41) is 26.0. The lowest BCUT2D eigenvalue weighted by atomic mass is 10.0. The van der Waals surface area contributed by atoms with Crippen LogP contribution in [0.1, 0.15) is 11.1 Å². The molecule has 0 radical (unpaired) electrons. The molecule has 0 bridgehead atoms. The summed E-state index contributed by atoms with van der Waals surface area (Å²) in [5.41, 5.74) is 6.97. The number of hydrogen-bond donors (Lipinski definition) is 1. The second-order valence-corrected chi connectivity index (χ2v) is 10.1. The van der Waals surface area contributed by atoms with E-state index < -0.39 is 0 Å². The summed E-state index contributed by atoms with van der Waals surface area (Å²) in [6.07, 6.45) is 1.37. The van der Waals surface area contributed by atoms with Crippen LogP contribution in [0.15, 0.2) is 121 Å². The zero-order valence-corrected chi connectivity index (χ0v) is 21.5. The number of benzene rings is 6. The Morgan fingerprint density at radius 2 is 1.15 bits per heavy atom. The van der Waals surface area contributed by atoms with Gasteiger partial charge >= 0.3 is 0 Å². The van der Waals surface area contributed by atoms with Crippen molar-refractivity contribution in [1.29, 1.82) is 10.7 Å². The van der Waals surface area contributed by atoms with Gasteiger partial charge in [0.15, 0.2) is 0 Å². The minimum Gasteiger partial charge on any atom is -0.309 e. The number of nitrogens with zero attached hydrogens (tertiary/aromatic N) is 3. The molecule has 0 saturated carbocycles. The van der Waals surface area contributed by atoms with Crippen LogP contribution in [-0.2, 0) is 0 Å². The van der Waals surface area contributed by atoms with E-state index in [0.717, 1.165) is 49.6 Å². The summed E-state index contributed by atoms with van der Waals surface area (Å²) in [6, 6.07) is 44.2. The van der Waals surface area contributed by atoms with Gasteiger partial charge in [0.05, 0.1) is 33.3 Å². The monoisotopic (exact) mass is 510 g/mol. The van der Waals surface area contributed by atoms with Gasteiger partial charge in [-0.05, 0) is 47.2 Å². The van der Waals surface area contributed by atoms with Crippen molar-refractivity contribution < 1.29 is 0 Å². The predicted molar refractivity (Wildman–Crippen MR) is 165 cm³/mol. The molecule has 40 heavy (non-hydrogen) atoms. The number of para-hydroxylation sites is 3. The molecule has 0 saturated heterocycles. The first-order valence-corrected chi connectivity index (χ1v) is 13.3. The minimum absolute atomic E-state index is 0.522. The number of nitriles is 1. The van der Waals surface area contributed by atoms with Crippen molar-refractivity contribution in [2.45, 2.75) is 0 Å². The Labute approximate surface area is 230 Å². The lowest BCUT2D eigenvalue weighted by molar-refractivity contribution is 1.13. The van der Waals surface area contributed by atoms with E-state index in [-0.39, 0.29) is 0 Å². The topological polar surface area (TPSA) is 57.5 Å². The molecule has 186 valence electrons. The van der Waals surface area contributed by atoms with Crippen LogP contribution in [-0.4, -0.2) is 15.3 Å². The fourth-order valence-electron chi connectivity index (χ4n) is 6.40. The number of rotatable bonds is 3. The Hall–Kier alpha value is -5.66. The van der Waals surface area contributed by atoms with Crippen molar-refractivity contribution >= 4 is 60.6 Å².